The number of amides is 1. The van der Waals surface area contributed by atoms with Crippen molar-refractivity contribution in [2.45, 2.75) is 18.7 Å². The first kappa shape index (κ1) is 19.2. The van der Waals surface area contributed by atoms with Crippen LogP contribution in [-0.2, 0) is 10.0 Å². The Balaban J connectivity index is 1.57. The van der Waals surface area contributed by atoms with E-state index in [0.29, 0.717) is 5.95 Å². The van der Waals surface area contributed by atoms with Gasteiger partial charge in [0.15, 0.2) is 0 Å². The maximum absolute atomic E-state index is 12.7. The molecule has 0 fully saturated rings. The fourth-order valence-electron chi connectivity index (χ4n) is 2.86. The van der Waals surface area contributed by atoms with Crippen LogP contribution in [0, 0.1) is 13.8 Å². The Morgan fingerprint density at radius 2 is 1.79 bits per heavy atom. The molecule has 3 N–H and O–H groups in total. The van der Waals surface area contributed by atoms with Crippen LogP contribution in [0.2, 0.25) is 0 Å². The average molecular weight is 427 g/mol. The lowest BCUT2D eigenvalue weighted by Crippen LogP contribution is -2.17. The van der Waals surface area contributed by atoms with Crippen LogP contribution in [0.5, 0.6) is 0 Å². The molecule has 0 aliphatic heterocycles. The number of aryl methyl sites for hydroxylation is 2. The fourth-order valence-corrected chi connectivity index (χ4v) is 4.76. The largest absolute Gasteiger partial charge is 0.324 e. The maximum atomic E-state index is 12.7. The highest BCUT2D eigenvalue weighted by atomic mass is 32.2. The molecule has 0 radical (unpaired) electrons. The second kappa shape index (κ2) is 7.34. The third-order valence-electron chi connectivity index (χ3n) is 4.50. The number of aromatic amines is 1. The van der Waals surface area contributed by atoms with Crippen molar-refractivity contribution in [3.8, 4) is 0 Å². The molecule has 2 aromatic carbocycles. The van der Waals surface area contributed by atoms with Crippen molar-refractivity contribution in [1.29, 1.82) is 0 Å². The topological polar surface area (TPSA) is 104 Å². The van der Waals surface area contributed by atoms with E-state index in [1.54, 1.807) is 29.6 Å². The normalized spacial score (nSPS) is 11.5. The van der Waals surface area contributed by atoms with E-state index in [1.807, 2.05) is 26.0 Å². The van der Waals surface area contributed by atoms with Gasteiger partial charge in [0.1, 0.15) is 4.88 Å². The van der Waals surface area contributed by atoms with E-state index >= 15 is 0 Å². The van der Waals surface area contributed by atoms with Gasteiger partial charge < -0.3 is 4.98 Å². The first-order valence-corrected chi connectivity index (χ1v) is 11.1. The van der Waals surface area contributed by atoms with Crippen LogP contribution in [0.1, 0.15) is 20.8 Å². The Hall–Kier alpha value is -3.17. The molecule has 0 spiro atoms. The predicted octanol–water partition coefficient (Wildman–Crippen LogP) is 4.29. The minimum atomic E-state index is -3.79. The van der Waals surface area contributed by atoms with E-state index in [2.05, 4.69) is 20.0 Å². The molecule has 0 aliphatic carbocycles. The molecule has 0 saturated carbocycles. The number of thiophene rings is 1. The molecule has 29 heavy (non-hydrogen) atoms. The lowest BCUT2D eigenvalue weighted by atomic mass is 10.1. The van der Waals surface area contributed by atoms with Crippen molar-refractivity contribution >= 4 is 49.9 Å². The molecule has 0 saturated heterocycles. The highest BCUT2D eigenvalue weighted by Crippen LogP contribution is 2.26. The van der Waals surface area contributed by atoms with E-state index in [-0.39, 0.29) is 15.5 Å². The third-order valence-corrected chi connectivity index (χ3v) is 6.79. The van der Waals surface area contributed by atoms with Gasteiger partial charge in [-0.15, -0.1) is 11.3 Å². The van der Waals surface area contributed by atoms with Crippen LogP contribution in [-0.4, -0.2) is 24.3 Å². The molecular weight excluding hydrogens is 408 g/mol. The summed E-state index contributed by atoms with van der Waals surface area (Å²) in [6, 6.07) is 13.5. The smallest absolute Gasteiger partial charge is 0.270 e. The molecule has 4 aromatic rings. The lowest BCUT2D eigenvalue weighted by molar-refractivity contribution is 0.103. The molecule has 4 rings (SSSR count). The van der Waals surface area contributed by atoms with Gasteiger partial charge in [-0.1, -0.05) is 18.2 Å². The van der Waals surface area contributed by atoms with Crippen molar-refractivity contribution in [3.05, 3.63) is 69.9 Å². The number of sulfonamides is 1. The van der Waals surface area contributed by atoms with Crippen molar-refractivity contribution < 1.29 is 13.2 Å². The van der Waals surface area contributed by atoms with E-state index in [4.69, 9.17) is 0 Å². The number of carbonyl (C=O) groups excluding carboxylic acids is 1. The SMILES string of the molecule is Cc1cc2nc(NC(=O)c3sccc3NS(=O)(=O)c3ccccc3)[nH]c2cc1C. The van der Waals surface area contributed by atoms with Gasteiger partial charge in [0.2, 0.25) is 5.95 Å². The van der Waals surface area contributed by atoms with Gasteiger partial charge in [-0.2, -0.15) is 0 Å². The zero-order chi connectivity index (χ0) is 20.6. The summed E-state index contributed by atoms with van der Waals surface area (Å²) >= 11 is 1.14. The van der Waals surface area contributed by atoms with Crippen LogP contribution in [0.3, 0.4) is 0 Å². The molecule has 2 aromatic heterocycles. The molecule has 0 unspecified atom stereocenters. The summed E-state index contributed by atoms with van der Waals surface area (Å²) in [5.74, 6) is -0.140. The average Bonchev–Trinajstić information content (AvgIpc) is 3.29. The maximum Gasteiger partial charge on any atom is 0.270 e. The molecule has 7 nitrogen and oxygen atoms in total. The van der Waals surface area contributed by atoms with Crippen molar-refractivity contribution in [2.75, 3.05) is 10.0 Å². The minimum absolute atomic E-state index is 0.126. The van der Waals surface area contributed by atoms with Gasteiger partial charge in [-0.25, -0.2) is 13.4 Å². The summed E-state index contributed by atoms with van der Waals surface area (Å²) in [6.07, 6.45) is 0. The fraction of sp³-hybridized carbons (Fsp3) is 0.100. The standard InChI is InChI=1S/C20H18N4O3S2/c1-12-10-16-17(11-13(12)2)22-20(21-16)23-19(25)18-15(8-9-28-18)24-29(26,27)14-6-4-3-5-7-14/h3-11,24H,1-2H3,(H2,21,22,23,25). The van der Waals surface area contributed by atoms with Crippen molar-refractivity contribution in [1.82, 2.24) is 9.97 Å². The number of nitrogens with zero attached hydrogens (tertiary/aromatic N) is 1. The van der Waals surface area contributed by atoms with Gasteiger partial charge in [-0.05, 0) is 60.7 Å². The van der Waals surface area contributed by atoms with E-state index in [9.17, 15) is 13.2 Å². The van der Waals surface area contributed by atoms with Crippen LogP contribution < -0.4 is 10.0 Å². The number of benzene rings is 2. The number of carbonyl (C=O) groups is 1. The number of hydrogen-bond donors (Lipinski definition) is 3. The number of aromatic nitrogens is 2. The number of nitrogens with one attached hydrogen (secondary N) is 3. The Morgan fingerprint density at radius 1 is 1.07 bits per heavy atom. The molecule has 9 heteroatoms. The van der Waals surface area contributed by atoms with E-state index in [0.717, 1.165) is 33.5 Å². The molecule has 0 bridgehead atoms. The minimum Gasteiger partial charge on any atom is -0.324 e. The van der Waals surface area contributed by atoms with Gasteiger partial charge in [0.25, 0.3) is 15.9 Å². The van der Waals surface area contributed by atoms with Crippen LogP contribution in [0.25, 0.3) is 11.0 Å². The Bertz CT molecular complexity index is 1270. The number of imidazole rings is 1. The van der Waals surface area contributed by atoms with Crippen molar-refractivity contribution in [2.24, 2.45) is 0 Å². The van der Waals surface area contributed by atoms with E-state index in [1.165, 1.54) is 12.1 Å². The van der Waals surface area contributed by atoms with Gasteiger partial charge in [-0.3, -0.25) is 14.8 Å². The number of H-pyrrole nitrogens is 1. The second-order valence-corrected chi connectivity index (χ2v) is 9.17. The summed E-state index contributed by atoms with van der Waals surface area (Å²) in [7, 11) is -3.79. The molecule has 148 valence electrons. The Labute approximate surface area is 171 Å². The Morgan fingerprint density at radius 3 is 2.55 bits per heavy atom. The monoisotopic (exact) mass is 426 g/mol. The second-order valence-electron chi connectivity index (χ2n) is 6.58. The first-order chi connectivity index (χ1) is 13.8. The number of rotatable bonds is 5. The highest BCUT2D eigenvalue weighted by molar-refractivity contribution is 7.92. The highest BCUT2D eigenvalue weighted by Gasteiger charge is 2.20. The van der Waals surface area contributed by atoms with Gasteiger partial charge >= 0.3 is 0 Å². The first-order valence-electron chi connectivity index (χ1n) is 8.77. The third kappa shape index (κ3) is 3.87. The van der Waals surface area contributed by atoms with Crippen molar-refractivity contribution in [3.63, 3.8) is 0 Å². The summed E-state index contributed by atoms with van der Waals surface area (Å²) < 4.78 is 27.6. The Kier molecular flexibility index (Phi) is 4.85. The number of fused-ring (bicyclic) bond motifs is 1. The number of hydrogen-bond acceptors (Lipinski definition) is 5. The molecule has 2 heterocycles. The molecule has 0 atom stereocenters. The molecule has 1 amide bonds. The summed E-state index contributed by atoms with van der Waals surface area (Å²) in [4.78, 5) is 20.6. The van der Waals surface area contributed by atoms with Crippen LogP contribution in [0.15, 0.2) is 58.8 Å². The van der Waals surface area contributed by atoms with Gasteiger partial charge in [0, 0.05) is 0 Å². The summed E-state index contributed by atoms with van der Waals surface area (Å²) in [5.41, 5.74) is 4.02. The zero-order valence-electron chi connectivity index (χ0n) is 15.7. The predicted molar refractivity (Wildman–Crippen MR) is 115 cm³/mol. The lowest BCUT2D eigenvalue weighted by Gasteiger charge is -2.08. The van der Waals surface area contributed by atoms with Crippen LogP contribution >= 0.6 is 11.3 Å². The zero-order valence-corrected chi connectivity index (χ0v) is 17.3. The summed E-state index contributed by atoms with van der Waals surface area (Å²) in [5, 5.41) is 4.36. The number of anilines is 2. The van der Waals surface area contributed by atoms with E-state index < -0.39 is 15.9 Å². The quantitative estimate of drug-likeness (QED) is 0.443. The molecule has 0 aliphatic rings. The summed E-state index contributed by atoms with van der Waals surface area (Å²) in [6.45, 7) is 4.00. The van der Waals surface area contributed by atoms with Crippen LogP contribution in [0.4, 0.5) is 11.6 Å². The molecular formula is C20H18N4O3S2. The van der Waals surface area contributed by atoms with Gasteiger partial charge in [0.05, 0.1) is 21.6 Å².